The largest absolute Gasteiger partial charge is 0.367 e. The van der Waals surface area contributed by atoms with Gasteiger partial charge in [0.25, 0.3) is 0 Å². The predicted molar refractivity (Wildman–Crippen MR) is 60.5 cm³/mol. The van der Waals surface area contributed by atoms with E-state index in [1.165, 1.54) is 6.42 Å². The van der Waals surface area contributed by atoms with Gasteiger partial charge in [0.2, 0.25) is 11.7 Å². The maximum atomic E-state index is 5.66. The van der Waals surface area contributed by atoms with Gasteiger partial charge in [0.05, 0.1) is 12.6 Å². The number of ether oxygens (including phenoxy) is 1. The van der Waals surface area contributed by atoms with E-state index in [0.717, 1.165) is 32.7 Å². The molecule has 17 heavy (non-hydrogen) atoms. The van der Waals surface area contributed by atoms with E-state index in [1.807, 2.05) is 0 Å². The zero-order chi connectivity index (χ0) is 11.7. The molecule has 2 aliphatic rings. The number of rotatable bonds is 2. The normalized spacial score (nSPS) is 30.9. The summed E-state index contributed by atoms with van der Waals surface area (Å²) in [5.74, 6) is 1.38. The number of morpholine rings is 1. The Bertz CT molecular complexity index is 375. The molecule has 1 N–H and O–H groups in total. The van der Waals surface area contributed by atoms with Crippen molar-refractivity contribution in [1.82, 2.24) is 20.4 Å². The highest BCUT2D eigenvalue weighted by molar-refractivity contribution is 4.99. The molecule has 0 spiro atoms. The van der Waals surface area contributed by atoms with Crippen molar-refractivity contribution in [3.8, 4) is 0 Å². The summed E-state index contributed by atoms with van der Waals surface area (Å²) >= 11 is 0. The van der Waals surface area contributed by atoms with Crippen LogP contribution < -0.4 is 5.32 Å². The third kappa shape index (κ3) is 2.34. The van der Waals surface area contributed by atoms with Crippen LogP contribution in [0.4, 0.5) is 0 Å². The fourth-order valence-corrected chi connectivity index (χ4v) is 2.35. The van der Waals surface area contributed by atoms with Gasteiger partial charge < -0.3 is 19.5 Å². The van der Waals surface area contributed by atoms with Gasteiger partial charge in [-0.25, -0.2) is 0 Å². The molecule has 1 aromatic rings. The third-order valence-corrected chi connectivity index (χ3v) is 3.37. The van der Waals surface area contributed by atoms with Crippen molar-refractivity contribution in [3.63, 3.8) is 0 Å². The smallest absolute Gasteiger partial charge is 0.243 e. The van der Waals surface area contributed by atoms with Crippen LogP contribution in [0.15, 0.2) is 4.52 Å². The summed E-state index contributed by atoms with van der Waals surface area (Å²) in [4.78, 5) is 6.68. The highest BCUT2D eigenvalue weighted by Crippen LogP contribution is 2.24. The zero-order valence-electron chi connectivity index (χ0n) is 10.1. The molecule has 0 saturated carbocycles. The minimum atomic E-state index is -0.0485. The second-order valence-corrected chi connectivity index (χ2v) is 4.76. The number of hydrogen-bond acceptors (Lipinski definition) is 6. The maximum Gasteiger partial charge on any atom is 0.243 e. The lowest BCUT2D eigenvalue weighted by Crippen LogP contribution is -2.35. The van der Waals surface area contributed by atoms with E-state index in [9.17, 15) is 0 Å². The van der Waals surface area contributed by atoms with E-state index in [4.69, 9.17) is 9.26 Å². The van der Waals surface area contributed by atoms with Crippen LogP contribution in [0.5, 0.6) is 0 Å². The van der Waals surface area contributed by atoms with Gasteiger partial charge in [0.15, 0.2) is 0 Å². The van der Waals surface area contributed by atoms with Crippen molar-refractivity contribution in [2.24, 2.45) is 0 Å². The molecule has 0 aliphatic carbocycles. The molecule has 3 heterocycles. The summed E-state index contributed by atoms with van der Waals surface area (Å²) in [6.07, 6.45) is 2.20. The van der Waals surface area contributed by atoms with Gasteiger partial charge in [-0.3, -0.25) is 0 Å². The van der Waals surface area contributed by atoms with Gasteiger partial charge in [0, 0.05) is 13.1 Å². The SMILES string of the molecule is CN1CCOC(c2noc([C@H]3CCCN3)n2)C1. The first-order valence-electron chi connectivity index (χ1n) is 6.20. The number of nitrogens with one attached hydrogen (secondary N) is 1. The molecule has 0 bridgehead atoms. The van der Waals surface area contributed by atoms with E-state index in [0.29, 0.717) is 11.7 Å². The molecule has 6 nitrogen and oxygen atoms in total. The minimum absolute atomic E-state index is 0.0485. The van der Waals surface area contributed by atoms with Crippen LogP contribution in [0.3, 0.4) is 0 Å². The van der Waals surface area contributed by atoms with Crippen molar-refractivity contribution in [2.45, 2.75) is 25.0 Å². The lowest BCUT2D eigenvalue weighted by Gasteiger charge is -2.27. The first kappa shape index (κ1) is 11.1. The second kappa shape index (κ2) is 4.72. The van der Waals surface area contributed by atoms with Crippen molar-refractivity contribution in [2.75, 3.05) is 33.3 Å². The summed E-state index contributed by atoms with van der Waals surface area (Å²) < 4.78 is 11.0. The second-order valence-electron chi connectivity index (χ2n) is 4.76. The molecule has 2 fully saturated rings. The molecule has 0 radical (unpaired) electrons. The molecule has 2 atom stereocenters. The van der Waals surface area contributed by atoms with E-state index < -0.39 is 0 Å². The molecule has 2 aliphatic heterocycles. The third-order valence-electron chi connectivity index (χ3n) is 3.37. The summed E-state index contributed by atoms with van der Waals surface area (Å²) in [5, 5.41) is 7.39. The van der Waals surface area contributed by atoms with E-state index in [-0.39, 0.29) is 12.1 Å². The maximum absolute atomic E-state index is 5.66. The van der Waals surface area contributed by atoms with Crippen molar-refractivity contribution >= 4 is 0 Å². The molecule has 0 aromatic carbocycles. The van der Waals surface area contributed by atoms with Crippen molar-refractivity contribution < 1.29 is 9.26 Å². The minimum Gasteiger partial charge on any atom is -0.367 e. The molecule has 1 unspecified atom stereocenters. The molecule has 94 valence electrons. The number of aromatic nitrogens is 2. The van der Waals surface area contributed by atoms with Crippen LogP contribution in [0, 0.1) is 0 Å². The van der Waals surface area contributed by atoms with Gasteiger partial charge in [-0.05, 0) is 26.4 Å². The quantitative estimate of drug-likeness (QED) is 0.809. The summed E-state index contributed by atoms with van der Waals surface area (Å²) in [6.45, 7) is 3.56. The fourth-order valence-electron chi connectivity index (χ4n) is 2.35. The van der Waals surface area contributed by atoms with Crippen LogP contribution >= 0.6 is 0 Å². The van der Waals surface area contributed by atoms with Crippen LogP contribution in [0.2, 0.25) is 0 Å². The topological polar surface area (TPSA) is 63.4 Å². The first-order valence-corrected chi connectivity index (χ1v) is 6.20. The molecular formula is C11H18N4O2. The Kier molecular flexibility index (Phi) is 3.09. The van der Waals surface area contributed by atoms with Crippen LogP contribution in [-0.2, 0) is 4.74 Å². The average Bonchev–Trinajstić information content (AvgIpc) is 3.00. The molecule has 0 amide bonds. The summed E-state index contributed by atoms with van der Waals surface area (Å²) in [6, 6.07) is 0.234. The predicted octanol–water partition coefficient (Wildman–Crippen LogP) is 0.497. The van der Waals surface area contributed by atoms with E-state index in [2.05, 4.69) is 27.4 Å². The van der Waals surface area contributed by atoms with Gasteiger partial charge >= 0.3 is 0 Å². The lowest BCUT2D eigenvalue weighted by molar-refractivity contribution is -0.0264. The Balaban J connectivity index is 1.70. The molecule has 6 heteroatoms. The first-order chi connectivity index (χ1) is 8.33. The zero-order valence-corrected chi connectivity index (χ0v) is 10.1. The standard InChI is InChI=1S/C11H18N4O2/c1-15-5-6-16-9(7-15)10-13-11(17-14-10)8-3-2-4-12-8/h8-9,12H,2-7H2,1H3/t8-,9?/m1/s1. The highest BCUT2D eigenvalue weighted by atomic mass is 16.5. The number of likely N-dealkylation sites (N-methyl/N-ethyl adjacent to an activating group) is 1. The molecule has 3 rings (SSSR count). The van der Waals surface area contributed by atoms with Gasteiger partial charge in [-0.2, -0.15) is 4.98 Å². The molecular weight excluding hydrogens is 220 g/mol. The number of hydrogen-bond donors (Lipinski definition) is 1. The average molecular weight is 238 g/mol. The van der Waals surface area contributed by atoms with Crippen molar-refractivity contribution in [3.05, 3.63) is 11.7 Å². The summed E-state index contributed by atoms with van der Waals surface area (Å²) in [5.41, 5.74) is 0. The Morgan fingerprint density at radius 2 is 2.41 bits per heavy atom. The lowest BCUT2D eigenvalue weighted by atomic mass is 10.2. The Morgan fingerprint density at radius 1 is 1.47 bits per heavy atom. The highest BCUT2D eigenvalue weighted by Gasteiger charge is 2.27. The molecule has 1 aromatic heterocycles. The summed E-state index contributed by atoms with van der Waals surface area (Å²) in [7, 11) is 2.08. The van der Waals surface area contributed by atoms with E-state index >= 15 is 0 Å². The number of nitrogens with zero attached hydrogens (tertiary/aromatic N) is 3. The van der Waals surface area contributed by atoms with Crippen LogP contribution in [0.1, 0.15) is 36.7 Å². The molecule has 2 saturated heterocycles. The Labute approximate surface area is 100 Å². The van der Waals surface area contributed by atoms with Crippen LogP contribution in [0.25, 0.3) is 0 Å². The Hall–Kier alpha value is -0.980. The van der Waals surface area contributed by atoms with Gasteiger partial charge in [-0.1, -0.05) is 5.16 Å². The van der Waals surface area contributed by atoms with Crippen molar-refractivity contribution in [1.29, 1.82) is 0 Å². The van der Waals surface area contributed by atoms with Gasteiger partial charge in [-0.15, -0.1) is 0 Å². The van der Waals surface area contributed by atoms with Crippen LogP contribution in [-0.4, -0.2) is 48.3 Å². The fraction of sp³-hybridized carbons (Fsp3) is 0.818. The van der Waals surface area contributed by atoms with Gasteiger partial charge in [0.1, 0.15) is 6.10 Å². The van der Waals surface area contributed by atoms with E-state index in [1.54, 1.807) is 0 Å². The Morgan fingerprint density at radius 3 is 3.18 bits per heavy atom. The monoisotopic (exact) mass is 238 g/mol.